The highest BCUT2D eigenvalue weighted by atomic mass is 16.7. The van der Waals surface area contributed by atoms with E-state index in [4.69, 9.17) is 9.47 Å². The van der Waals surface area contributed by atoms with Gasteiger partial charge in [-0.2, -0.15) is 5.10 Å². The number of aromatic nitrogens is 3. The van der Waals surface area contributed by atoms with E-state index in [-0.39, 0.29) is 12.7 Å². The summed E-state index contributed by atoms with van der Waals surface area (Å²) in [6.45, 7) is 0.492. The van der Waals surface area contributed by atoms with Gasteiger partial charge < -0.3 is 14.8 Å². The number of nitrogens with one attached hydrogen (secondary N) is 2. The first kappa shape index (κ1) is 10.6. The molecule has 1 aromatic carbocycles. The van der Waals surface area contributed by atoms with Gasteiger partial charge in [0, 0.05) is 5.56 Å². The summed E-state index contributed by atoms with van der Waals surface area (Å²) in [6.07, 6.45) is 1.39. The first-order valence-corrected chi connectivity index (χ1v) is 5.35. The Balaban J connectivity index is 1.69. The summed E-state index contributed by atoms with van der Waals surface area (Å²) in [5.41, 5.74) is 0.513. The van der Waals surface area contributed by atoms with Crippen molar-refractivity contribution < 1.29 is 14.3 Å². The monoisotopic (exact) mass is 246 g/mol. The van der Waals surface area contributed by atoms with Crippen molar-refractivity contribution in [2.24, 2.45) is 0 Å². The molecule has 0 atom stereocenters. The topological polar surface area (TPSA) is 89.1 Å². The number of fused-ring (bicyclic) bond motifs is 1. The fourth-order valence-electron chi connectivity index (χ4n) is 1.62. The SMILES string of the molecule is O=C(NCc1ncn[nH]1)c1ccc2c(c1)OCO2. The molecule has 7 nitrogen and oxygen atoms in total. The largest absolute Gasteiger partial charge is 0.454 e. The predicted octanol–water partition coefficient (Wildman–Crippen LogP) is 0.463. The van der Waals surface area contributed by atoms with Crippen LogP contribution in [-0.4, -0.2) is 27.9 Å². The summed E-state index contributed by atoms with van der Waals surface area (Å²) in [6, 6.07) is 5.05. The molecule has 0 bridgehead atoms. The third-order valence-electron chi connectivity index (χ3n) is 2.52. The lowest BCUT2D eigenvalue weighted by molar-refractivity contribution is 0.0949. The molecule has 0 radical (unpaired) electrons. The summed E-state index contributed by atoms with van der Waals surface area (Å²) >= 11 is 0. The minimum Gasteiger partial charge on any atom is -0.454 e. The van der Waals surface area contributed by atoms with E-state index in [9.17, 15) is 4.79 Å². The van der Waals surface area contributed by atoms with E-state index in [2.05, 4.69) is 20.5 Å². The van der Waals surface area contributed by atoms with E-state index in [1.54, 1.807) is 18.2 Å². The molecule has 1 amide bonds. The Kier molecular flexibility index (Phi) is 2.56. The lowest BCUT2D eigenvalue weighted by Crippen LogP contribution is -2.23. The van der Waals surface area contributed by atoms with Crippen LogP contribution >= 0.6 is 0 Å². The van der Waals surface area contributed by atoms with E-state index in [1.165, 1.54) is 6.33 Å². The number of H-pyrrole nitrogens is 1. The lowest BCUT2D eigenvalue weighted by Gasteiger charge is -2.04. The number of hydrogen-bond acceptors (Lipinski definition) is 5. The maximum atomic E-state index is 11.9. The fourth-order valence-corrected chi connectivity index (χ4v) is 1.62. The highest BCUT2D eigenvalue weighted by Crippen LogP contribution is 2.32. The zero-order chi connectivity index (χ0) is 12.4. The zero-order valence-electron chi connectivity index (χ0n) is 9.34. The number of ether oxygens (including phenoxy) is 2. The van der Waals surface area contributed by atoms with Crippen LogP contribution in [-0.2, 0) is 6.54 Å². The van der Waals surface area contributed by atoms with Gasteiger partial charge in [-0.1, -0.05) is 0 Å². The number of amides is 1. The molecular weight excluding hydrogens is 236 g/mol. The Bertz CT molecular complexity index is 568. The van der Waals surface area contributed by atoms with Gasteiger partial charge in [0.1, 0.15) is 12.2 Å². The van der Waals surface area contributed by atoms with E-state index >= 15 is 0 Å². The van der Waals surface area contributed by atoms with Crippen LogP contribution in [0.5, 0.6) is 11.5 Å². The van der Waals surface area contributed by atoms with Crippen LogP contribution in [0, 0.1) is 0 Å². The van der Waals surface area contributed by atoms with Crippen LogP contribution < -0.4 is 14.8 Å². The van der Waals surface area contributed by atoms with Gasteiger partial charge in [-0.3, -0.25) is 9.89 Å². The average Bonchev–Trinajstić information content (AvgIpc) is 3.05. The molecule has 3 rings (SSSR count). The van der Waals surface area contributed by atoms with Crippen molar-refractivity contribution in [1.82, 2.24) is 20.5 Å². The maximum absolute atomic E-state index is 11.9. The molecule has 2 N–H and O–H groups in total. The van der Waals surface area contributed by atoms with Crippen LogP contribution in [0.15, 0.2) is 24.5 Å². The standard InChI is InChI=1S/C11H10N4O3/c16-11(12-4-10-13-5-14-15-10)7-1-2-8-9(3-7)18-6-17-8/h1-3,5H,4,6H2,(H,12,16)(H,13,14,15). The highest BCUT2D eigenvalue weighted by molar-refractivity contribution is 5.94. The van der Waals surface area contributed by atoms with Crippen molar-refractivity contribution >= 4 is 5.91 Å². The van der Waals surface area contributed by atoms with Crippen molar-refractivity contribution in [3.63, 3.8) is 0 Å². The highest BCUT2D eigenvalue weighted by Gasteiger charge is 2.16. The molecule has 0 spiro atoms. The number of carbonyl (C=O) groups is 1. The summed E-state index contributed by atoms with van der Waals surface area (Å²) in [5, 5.41) is 9.08. The second-order valence-electron chi connectivity index (χ2n) is 3.68. The Hall–Kier alpha value is -2.57. The van der Waals surface area contributed by atoms with Gasteiger partial charge in [-0.05, 0) is 18.2 Å². The number of hydrogen-bond donors (Lipinski definition) is 2. The van der Waals surface area contributed by atoms with Crippen LogP contribution in [0.2, 0.25) is 0 Å². The van der Waals surface area contributed by atoms with Gasteiger partial charge in [0.05, 0.1) is 6.54 Å². The molecule has 1 aromatic heterocycles. The molecule has 0 fully saturated rings. The van der Waals surface area contributed by atoms with E-state index in [1.807, 2.05) is 0 Å². The predicted molar refractivity (Wildman–Crippen MR) is 60.1 cm³/mol. The second-order valence-corrected chi connectivity index (χ2v) is 3.68. The Labute approximate surface area is 102 Å². The Morgan fingerprint density at radius 3 is 3.11 bits per heavy atom. The molecule has 0 saturated heterocycles. The number of aromatic amines is 1. The number of benzene rings is 1. The molecule has 2 heterocycles. The Morgan fingerprint density at radius 2 is 2.28 bits per heavy atom. The van der Waals surface area contributed by atoms with Crippen LogP contribution in [0.3, 0.4) is 0 Å². The van der Waals surface area contributed by atoms with Gasteiger partial charge >= 0.3 is 0 Å². The summed E-state index contributed by atoms with van der Waals surface area (Å²) in [7, 11) is 0. The first-order chi connectivity index (χ1) is 8.83. The van der Waals surface area contributed by atoms with Crippen molar-refractivity contribution in [1.29, 1.82) is 0 Å². The van der Waals surface area contributed by atoms with Gasteiger partial charge in [0.2, 0.25) is 6.79 Å². The van der Waals surface area contributed by atoms with Crippen LogP contribution in [0.1, 0.15) is 16.2 Å². The van der Waals surface area contributed by atoms with Crippen LogP contribution in [0.4, 0.5) is 0 Å². The number of nitrogens with zero attached hydrogens (tertiary/aromatic N) is 2. The molecule has 0 unspecified atom stereocenters. The van der Waals surface area contributed by atoms with E-state index < -0.39 is 0 Å². The smallest absolute Gasteiger partial charge is 0.251 e. The molecule has 0 aliphatic carbocycles. The number of rotatable bonds is 3. The van der Waals surface area contributed by atoms with E-state index in [0.29, 0.717) is 29.4 Å². The summed E-state index contributed by atoms with van der Waals surface area (Å²) in [4.78, 5) is 15.8. The second kappa shape index (κ2) is 4.36. The molecular formula is C11H10N4O3. The van der Waals surface area contributed by atoms with Crippen molar-refractivity contribution in [2.75, 3.05) is 6.79 Å². The van der Waals surface area contributed by atoms with Crippen molar-refractivity contribution in [3.8, 4) is 11.5 Å². The molecule has 18 heavy (non-hydrogen) atoms. The Morgan fingerprint density at radius 1 is 1.39 bits per heavy atom. The summed E-state index contributed by atoms with van der Waals surface area (Å²) < 4.78 is 10.4. The van der Waals surface area contributed by atoms with Gasteiger partial charge in [-0.15, -0.1) is 0 Å². The van der Waals surface area contributed by atoms with Gasteiger partial charge in [0.15, 0.2) is 11.5 Å². The lowest BCUT2D eigenvalue weighted by atomic mass is 10.2. The minimum atomic E-state index is -0.204. The minimum absolute atomic E-state index is 0.193. The summed E-state index contributed by atoms with van der Waals surface area (Å²) in [5.74, 6) is 1.64. The van der Waals surface area contributed by atoms with E-state index in [0.717, 1.165) is 0 Å². The molecule has 2 aromatic rings. The zero-order valence-corrected chi connectivity index (χ0v) is 9.34. The number of carbonyl (C=O) groups excluding carboxylic acids is 1. The van der Waals surface area contributed by atoms with Crippen LogP contribution in [0.25, 0.3) is 0 Å². The molecule has 1 aliphatic heterocycles. The molecule has 1 aliphatic rings. The third kappa shape index (κ3) is 1.97. The van der Waals surface area contributed by atoms with Crippen molar-refractivity contribution in [3.05, 3.63) is 35.9 Å². The van der Waals surface area contributed by atoms with Gasteiger partial charge in [0.25, 0.3) is 5.91 Å². The quantitative estimate of drug-likeness (QED) is 0.821. The average molecular weight is 246 g/mol. The third-order valence-corrected chi connectivity index (χ3v) is 2.52. The first-order valence-electron chi connectivity index (χ1n) is 5.35. The molecule has 0 saturated carbocycles. The fraction of sp³-hybridized carbons (Fsp3) is 0.182. The molecule has 7 heteroatoms. The van der Waals surface area contributed by atoms with Crippen molar-refractivity contribution in [2.45, 2.75) is 6.54 Å². The normalized spacial score (nSPS) is 12.4. The molecule has 92 valence electrons. The maximum Gasteiger partial charge on any atom is 0.251 e. The van der Waals surface area contributed by atoms with Gasteiger partial charge in [-0.25, -0.2) is 4.98 Å².